The van der Waals surface area contributed by atoms with Gasteiger partial charge in [0.05, 0.1) is 16.2 Å². The van der Waals surface area contributed by atoms with E-state index in [4.69, 9.17) is 18.9 Å². The molecule has 0 N–H and O–H groups in total. The predicted molar refractivity (Wildman–Crippen MR) is 143 cm³/mol. The number of fused-ring (bicyclic) bond motifs is 8. The molecular formula is C32H22NO4+. The van der Waals surface area contributed by atoms with E-state index in [2.05, 4.69) is 90.6 Å². The van der Waals surface area contributed by atoms with Crippen LogP contribution in [0.3, 0.4) is 0 Å². The predicted octanol–water partition coefficient (Wildman–Crippen LogP) is 6.76. The SMILES string of the molecule is C[n+]1cc2c3c(ccc2c2cc(-c4ccc(-c5ccccc5)cc4)c4cc5c(cc4c21)OCO5)OCO3. The van der Waals surface area contributed by atoms with Gasteiger partial charge in [-0.2, -0.15) is 4.57 Å². The Morgan fingerprint density at radius 2 is 1.19 bits per heavy atom. The van der Waals surface area contributed by atoms with Crippen molar-refractivity contribution in [3.8, 4) is 45.3 Å². The van der Waals surface area contributed by atoms with E-state index in [0.717, 1.165) is 66.6 Å². The van der Waals surface area contributed by atoms with Gasteiger partial charge >= 0.3 is 0 Å². The van der Waals surface area contributed by atoms with Gasteiger partial charge in [0.1, 0.15) is 7.05 Å². The van der Waals surface area contributed by atoms with E-state index >= 15 is 0 Å². The van der Waals surface area contributed by atoms with Crippen molar-refractivity contribution >= 4 is 32.4 Å². The first-order chi connectivity index (χ1) is 18.2. The largest absolute Gasteiger partial charge is 0.454 e. The molecule has 0 spiro atoms. The Morgan fingerprint density at radius 1 is 0.541 bits per heavy atom. The molecule has 8 rings (SSSR count). The van der Waals surface area contributed by atoms with Crippen LogP contribution in [0.2, 0.25) is 0 Å². The highest BCUT2D eigenvalue weighted by molar-refractivity contribution is 6.19. The molecule has 5 nitrogen and oxygen atoms in total. The van der Waals surface area contributed by atoms with Gasteiger partial charge in [0.15, 0.2) is 29.2 Å². The summed E-state index contributed by atoms with van der Waals surface area (Å²) in [6.07, 6.45) is 2.13. The zero-order valence-electron chi connectivity index (χ0n) is 20.2. The molecule has 6 aromatic rings. The number of hydrogen-bond acceptors (Lipinski definition) is 4. The van der Waals surface area contributed by atoms with Crippen LogP contribution in [0.4, 0.5) is 0 Å². The van der Waals surface area contributed by atoms with Crippen molar-refractivity contribution in [2.24, 2.45) is 7.05 Å². The Bertz CT molecular complexity index is 1880. The molecule has 0 atom stereocenters. The maximum Gasteiger partial charge on any atom is 0.231 e. The fraction of sp³-hybridized carbons (Fsp3) is 0.0938. The zero-order chi connectivity index (χ0) is 24.5. The third-order valence-corrected chi connectivity index (χ3v) is 7.45. The molecule has 0 radical (unpaired) electrons. The minimum Gasteiger partial charge on any atom is -0.454 e. The van der Waals surface area contributed by atoms with Crippen molar-refractivity contribution in [2.75, 3.05) is 13.6 Å². The molecule has 0 saturated carbocycles. The van der Waals surface area contributed by atoms with E-state index in [9.17, 15) is 0 Å². The lowest BCUT2D eigenvalue weighted by Crippen LogP contribution is -2.28. The van der Waals surface area contributed by atoms with E-state index in [1.807, 2.05) is 12.1 Å². The van der Waals surface area contributed by atoms with Gasteiger partial charge in [-0.05, 0) is 52.6 Å². The van der Waals surface area contributed by atoms with Crippen molar-refractivity contribution in [3.63, 3.8) is 0 Å². The molecule has 0 amide bonds. The van der Waals surface area contributed by atoms with E-state index in [1.54, 1.807) is 0 Å². The van der Waals surface area contributed by atoms with Gasteiger partial charge in [-0.25, -0.2) is 0 Å². The Kier molecular flexibility index (Phi) is 4.20. The average molecular weight is 485 g/mol. The minimum atomic E-state index is 0.239. The third kappa shape index (κ3) is 3.01. The topological polar surface area (TPSA) is 40.8 Å². The summed E-state index contributed by atoms with van der Waals surface area (Å²) >= 11 is 0. The van der Waals surface area contributed by atoms with Crippen LogP contribution < -0.4 is 23.5 Å². The third-order valence-electron chi connectivity index (χ3n) is 7.45. The summed E-state index contributed by atoms with van der Waals surface area (Å²) in [5, 5.41) is 5.55. The van der Waals surface area contributed by atoms with Crippen LogP contribution in [0.1, 0.15) is 0 Å². The number of nitrogens with zero attached hydrogens (tertiary/aromatic N) is 1. The maximum atomic E-state index is 5.86. The highest BCUT2D eigenvalue weighted by Gasteiger charge is 2.26. The van der Waals surface area contributed by atoms with E-state index in [-0.39, 0.29) is 13.6 Å². The standard InChI is InChI=1S/C32H22NO4/c1-33-16-27-22(11-12-28-32(27)37-18-34-28)25-13-23(21-9-7-20(8-10-21)19-5-3-2-4-6-19)24-14-29-30(36-17-35-29)15-26(24)31(25)33/h2-16H,17-18H2,1H3/q+1. The molecule has 0 fully saturated rings. The monoisotopic (exact) mass is 484 g/mol. The first kappa shape index (κ1) is 20.4. The highest BCUT2D eigenvalue weighted by Crippen LogP contribution is 2.46. The molecule has 1 aromatic heterocycles. The molecule has 37 heavy (non-hydrogen) atoms. The number of ether oxygens (including phenoxy) is 4. The van der Waals surface area contributed by atoms with Gasteiger partial charge in [-0.3, -0.25) is 0 Å². The maximum absolute atomic E-state index is 5.86. The van der Waals surface area contributed by atoms with Gasteiger partial charge in [0.2, 0.25) is 19.1 Å². The van der Waals surface area contributed by atoms with Gasteiger partial charge < -0.3 is 18.9 Å². The molecule has 2 aliphatic rings. The molecule has 2 aliphatic heterocycles. The van der Waals surface area contributed by atoms with E-state index < -0.39 is 0 Å². The molecule has 0 bridgehead atoms. The summed E-state index contributed by atoms with van der Waals surface area (Å²) in [6, 6.07) is 29.9. The number of rotatable bonds is 2. The second-order valence-electron chi connectivity index (χ2n) is 9.52. The fourth-order valence-electron chi connectivity index (χ4n) is 5.71. The summed E-state index contributed by atoms with van der Waals surface area (Å²) in [5.74, 6) is 3.14. The number of aromatic nitrogens is 1. The van der Waals surface area contributed by atoms with Crippen LogP contribution in [0, 0.1) is 0 Å². The van der Waals surface area contributed by atoms with Crippen molar-refractivity contribution in [2.45, 2.75) is 0 Å². The van der Waals surface area contributed by atoms with E-state index in [1.165, 1.54) is 11.1 Å². The first-order valence-electron chi connectivity index (χ1n) is 12.3. The Hall–Kier alpha value is -4.77. The second kappa shape index (κ2) is 7.61. The first-order valence-corrected chi connectivity index (χ1v) is 12.3. The van der Waals surface area contributed by atoms with Gasteiger partial charge in [0.25, 0.3) is 0 Å². The molecular weight excluding hydrogens is 462 g/mol. The summed E-state index contributed by atoms with van der Waals surface area (Å²) in [6.45, 7) is 0.486. The Balaban J connectivity index is 1.45. The fourth-order valence-corrected chi connectivity index (χ4v) is 5.71. The van der Waals surface area contributed by atoms with Gasteiger partial charge in [-0.15, -0.1) is 0 Å². The van der Waals surface area contributed by atoms with Crippen LogP contribution in [-0.4, -0.2) is 13.6 Å². The van der Waals surface area contributed by atoms with Crippen LogP contribution in [0.15, 0.2) is 91.1 Å². The highest BCUT2D eigenvalue weighted by atomic mass is 16.7. The molecule has 178 valence electrons. The number of hydrogen-bond donors (Lipinski definition) is 0. The summed E-state index contributed by atoms with van der Waals surface area (Å²) in [5.41, 5.74) is 5.81. The molecule has 3 heterocycles. The number of aryl methyl sites for hydroxylation is 1. The van der Waals surface area contributed by atoms with Crippen LogP contribution in [-0.2, 0) is 7.05 Å². The van der Waals surface area contributed by atoms with Crippen LogP contribution in [0.5, 0.6) is 23.0 Å². The molecule has 5 aromatic carbocycles. The lowest BCUT2D eigenvalue weighted by atomic mass is 9.92. The summed E-state index contributed by atoms with van der Waals surface area (Å²) in [4.78, 5) is 0. The van der Waals surface area contributed by atoms with Gasteiger partial charge in [0, 0.05) is 10.8 Å². The van der Waals surface area contributed by atoms with Gasteiger partial charge in [-0.1, -0.05) is 54.6 Å². The quantitative estimate of drug-likeness (QED) is 0.201. The normalized spacial score (nSPS) is 13.6. The lowest BCUT2D eigenvalue weighted by Gasteiger charge is -2.13. The summed E-state index contributed by atoms with van der Waals surface area (Å²) in [7, 11) is 2.08. The number of pyridine rings is 1. The summed E-state index contributed by atoms with van der Waals surface area (Å²) < 4.78 is 25.3. The minimum absolute atomic E-state index is 0.239. The average Bonchev–Trinajstić information content (AvgIpc) is 3.61. The van der Waals surface area contributed by atoms with Crippen LogP contribution in [0.25, 0.3) is 54.7 Å². The van der Waals surface area contributed by atoms with E-state index in [0.29, 0.717) is 0 Å². The Labute approximate surface area is 213 Å². The van der Waals surface area contributed by atoms with Crippen molar-refractivity contribution in [3.05, 3.63) is 91.1 Å². The molecule has 0 saturated heterocycles. The second-order valence-corrected chi connectivity index (χ2v) is 9.52. The molecule has 0 aliphatic carbocycles. The molecule has 5 heteroatoms. The smallest absolute Gasteiger partial charge is 0.231 e. The number of benzene rings is 5. The van der Waals surface area contributed by atoms with Crippen molar-refractivity contribution in [1.29, 1.82) is 0 Å². The Morgan fingerprint density at radius 3 is 2.00 bits per heavy atom. The molecule has 0 unspecified atom stereocenters. The van der Waals surface area contributed by atoms with Crippen molar-refractivity contribution in [1.82, 2.24) is 0 Å². The zero-order valence-corrected chi connectivity index (χ0v) is 20.2. The lowest BCUT2D eigenvalue weighted by molar-refractivity contribution is -0.642. The van der Waals surface area contributed by atoms with Crippen LogP contribution >= 0.6 is 0 Å². The van der Waals surface area contributed by atoms with Crippen molar-refractivity contribution < 1.29 is 23.5 Å².